The second kappa shape index (κ2) is 5.11. The first-order valence-corrected chi connectivity index (χ1v) is 7.27. The number of carbonyl (C=O) groups is 1. The monoisotopic (exact) mass is 319 g/mol. The summed E-state index contributed by atoms with van der Waals surface area (Å²) in [4.78, 5) is 13.7. The van der Waals surface area contributed by atoms with Gasteiger partial charge in [0.25, 0.3) is 0 Å². The third-order valence-corrected chi connectivity index (χ3v) is 4.47. The van der Waals surface area contributed by atoms with E-state index in [0.29, 0.717) is 11.3 Å². The minimum absolute atomic E-state index is 0.0283. The van der Waals surface area contributed by atoms with Crippen molar-refractivity contribution in [2.75, 3.05) is 11.9 Å². The van der Waals surface area contributed by atoms with Crippen LogP contribution < -0.4 is 4.90 Å². The molecule has 0 fully saturated rings. The lowest BCUT2D eigenvalue weighted by Gasteiger charge is -2.31. The van der Waals surface area contributed by atoms with Gasteiger partial charge in [-0.1, -0.05) is 48.0 Å². The molecule has 23 heavy (non-hydrogen) atoms. The molecule has 0 N–H and O–H groups in total. The van der Waals surface area contributed by atoms with Gasteiger partial charge in [-0.05, 0) is 25.0 Å². The summed E-state index contributed by atoms with van der Waals surface area (Å²) in [5, 5.41) is 0. The molecule has 1 amide bonds. The van der Waals surface area contributed by atoms with Crippen molar-refractivity contribution >= 4 is 11.6 Å². The van der Waals surface area contributed by atoms with Gasteiger partial charge in [-0.15, -0.1) is 0 Å². The first-order valence-electron chi connectivity index (χ1n) is 7.27. The van der Waals surface area contributed by atoms with Gasteiger partial charge in [-0.2, -0.15) is 13.2 Å². The molecule has 1 aliphatic rings. The van der Waals surface area contributed by atoms with Crippen LogP contribution in [0.15, 0.2) is 48.5 Å². The maximum atomic E-state index is 14.0. The zero-order chi connectivity index (χ0) is 16.8. The van der Waals surface area contributed by atoms with E-state index in [9.17, 15) is 18.0 Å². The number of alkyl halides is 3. The molecule has 1 unspecified atom stereocenters. The number of hydrogen-bond donors (Lipinski definition) is 0. The summed E-state index contributed by atoms with van der Waals surface area (Å²) in [5.74, 6) is -0.924. The van der Waals surface area contributed by atoms with E-state index in [0.717, 1.165) is 10.5 Å². The number of para-hydroxylation sites is 1. The summed E-state index contributed by atoms with van der Waals surface area (Å²) in [6, 6.07) is 13.0. The molecule has 0 saturated heterocycles. The molecule has 0 aliphatic carbocycles. The minimum Gasteiger partial charge on any atom is -0.314 e. The summed E-state index contributed by atoms with van der Waals surface area (Å²) < 4.78 is 42.1. The molecule has 0 saturated carbocycles. The average Bonchev–Trinajstić information content (AvgIpc) is 2.72. The number of nitrogens with zero attached hydrogens (tertiary/aromatic N) is 1. The lowest BCUT2D eigenvalue weighted by atomic mass is 9.75. The summed E-state index contributed by atoms with van der Waals surface area (Å²) in [7, 11) is 1.39. The standard InChI is InChI=1S/C18H16F3NO/c1-12-7-9-13(10-8-12)11-17(18(19,20)21)14-5-3-4-6-15(14)22(2)16(17)23/h3-10H,11H2,1-2H3. The van der Waals surface area contributed by atoms with Crippen LogP contribution in [0, 0.1) is 6.92 Å². The van der Waals surface area contributed by atoms with Crippen LogP contribution in [0.5, 0.6) is 0 Å². The lowest BCUT2D eigenvalue weighted by Crippen LogP contribution is -2.51. The molecule has 120 valence electrons. The Bertz CT molecular complexity index is 752. The molecular weight excluding hydrogens is 303 g/mol. The molecule has 0 bridgehead atoms. The Morgan fingerprint density at radius 3 is 2.26 bits per heavy atom. The van der Waals surface area contributed by atoms with E-state index in [1.54, 1.807) is 42.5 Å². The highest BCUT2D eigenvalue weighted by Gasteiger charge is 2.66. The van der Waals surface area contributed by atoms with Gasteiger partial charge in [-0.3, -0.25) is 4.79 Å². The molecule has 1 aliphatic heterocycles. The molecule has 5 heteroatoms. The van der Waals surface area contributed by atoms with Gasteiger partial charge in [0.1, 0.15) is 0 Å². The van der Waals surface area contributed by atoms with Crippen molar-refractivity contribution in [3.63, 3.8) is 0 Å². The third-order valence-electron chi connectivity index (χ3n) is 4.47. The first kappa shape index (κ1) is 15.6. The van der Waals surface area contributed by atoms with Gasteiger partial charge in [0.05, 0.1) is 0 Å². The zero-order valence-electron chi connectivity index (χ0n) is 12.8. The maximum Gasteiger partial charge on any atom is 0.407 e. The van der Waals surface area contributed by atoms with Crippen molar-refractivity contribution in [2.24, 2.45) is 0 Å². The Morgan fingerprint density at radius 1 is 1.04 bits per heavy atom. The summed E-state index contributed by atoms with van der Waals surface area (Å²) in [6.07, 6.45) is -5.06. The van der Waals surface area contributed by atoms with Crippen LogP contribution in [-0.2, 0) is 16.6 Å². The number of hydrogen-bond acceptors (Lipinski definition) is 1. The van der Waals surface area contributed by atoms with Gasteiger partial charge in [0, 0.05) is 18.3 Å². The molecule has 2 aromatic carbocycles. The molecule has 1 heterocycles. The van der Waals surface area contributed by atoms with E-state index in [1.807, 2.05) is 6.92 Å². The van der Waals surface area contributed by atoms with Crippen molar-refractivity contribution in [1.29, 1.82) is 0 Å². The van der Waals surface area contributed by atoms with Crippen LogP contribution in [0.4, 0.5) is 18.9 Å². The van der Waals surface area contributed by atoms with E-state index >= 15 is 0 Å². The van der Waals surface area contributed by atoms with E-state index in [-0.39, 0.29) is 5.56 Å². The number of aryl methyl sites for hydroxylation is 1. The zero-order valence-corrected chi connectivity index (χ0v) is 12.8. The fourth-order valence-corrected chi connectivity index (χ4v) is 3.20. The summed E-state index contributed by atoms with van der Waals surface area (Å²) in [6.45, 7) is 1.87. The van der Waals surface area contributed by atoms with Crippen LogP contribution in [-0.4, -0.2) is 19.1 Å². The fraction of sp³-hybridized carbons (Fsp3) is 0.278. The Labute approximate surface area is 132 Å². The number of benzene rings is 2. The molecule has 2 aromatic rings. The van der Waals surface area contributed by atoms with E-state index in [2.05, 4.69) is 0 Å². The molecule has 2 nitrogen and oxygen atoms in total. The first-order chi connectivity index (χ1) is 10.8. The summed E-state index contributed by atoms with van der Waals surface area (Å²) in [5.41, 5.74) is -0.716. The highest BCUT2D eigenvalue weighted by atomic mass is 19.4. The van der Waals surface area contributed by atoms with Gasteiger partial charge >= 0.3 is 6.18 Å². The van der Waals surface area contributed by atoms with Crippen molar-refractivity contribution in [1.82, 2.24) is 0 Å². The lowest BCUT2D eigenvalue weighted by molar-refractivity contribution is -0.191. The molecule has 0 aromatic heterocycles. The van der Waals surface area contributed by atoms with E-state index in [1.165, 1.54) is 13.1 Å². The minimum atomic E-state index is -4.67. The van der Waals surface area contributed by atoms with Gasteiger partial charge in [0.15, 0.2) is 5.41 Å². The Kier molecular flexibility index (Phi) is 3.47. The predicted octanol–water partition coefficient (Wildman–Crippen LogP) is 4.01. The van der Waals surface area contributed by atoms with E-state index in [4.69, 9.17) is 0 Å². The smallest absolute Gasteiger partial charge is 0.314 e. The number of likely N-dealkylation sites (N-methyl/N-ethyl adjacent to an activating group) is 1. The van der Waals surface area contributed by atoms with Crippen LogP contribution in [0.3, 0.4) is 0 Å². The number of carbonyl (C=O) groups excluding carboxylic acids is 1. The summed E-state index contributed by atoms with van der Waals surface area (Å²) >= 11 is 0. The van der Waals surface area contributed by atoms with E-state index < -0.39 is 23.9 Å². The van der Waals surface area contributed by atoms with Gasteiger partial charge in [0.2, 0.25) is 5.91 Å². The number of fused-ring (bicyclic) bond motifs is 1. The second-order valence-electron chi connectivity index (χ2n) is 5.95. The Hall–Kier alpha value is -2.30. The number of rotatable bonds is 2. The molecule has 1 atom stereocenters. The van der Waals surface area contributed by atoms with Crippen LogP contribution in [0.1, 0.15) is 16.7 Å². The number of halogens is 3. The molecule has 0 radical (unpaired) electrons. The highest BCUT2D eigenvalue weighted by Crippen LogP contribution is 2.52. The van der Waals surface area contributed by atoms with Crippen molar-refractivity contribution < 1.29 is 18.0 Å². The Morgan fingerprint density at radius 2 is 1.65 bits per heavy atom. The Balaban J connectivity index is 2.19. The van der Waals surface area contributed by atoms with Crippen molar-refractivity contribution in [3.05, 3.63) is 65.2 Å². The number of amides is 1. The molecule has 0 spiro atoms. The van der Waals surface area contributed by atoms with Gasteiger partial charge < -0.3 is 4.90 Å². The van der Waals surface area contributed by atoms with Crippen LogP contribution in [0.2, 0.25) is 0 Å². The molecule has 3 rings (SSSR count). The average molecular weight is 319 g/mol. The quantitative estimate of drug-likeness (QED) is 0.819. The molecular formula is C18H16F3NO. The SMILES string of the molecule is Cc1ccc(CC2(C(F)(F)F)C(=O)N(C)c3ccccc32)cc1. The van der Waals surface area contributed by atoms with Crippen LogP contribution >= 0.6 is 0 Å². The third kappa shape index (κ3) is 2.22. The van der Waals surface area contributed by atoms with Crippen molar-refractivity contribution in [3.8, 4) is 0 Å². The van der Waals surface area contributed by atoms with Crippen molar-refractivity contribution in [2.45, 2.75) is 24.9 Å². The fourth-order valence-electron chi connectivity index (χ4n) is 3.20. The second-order valence-corrected chi connectivity index (χ2v) is 5.95. The predicted molar refractivity (Wildman–Crippen MR) is 82.5 cm³/mol. The topological polar surface area (TPSA) is 20.3 Å². The number of anilines is 1. The largest absolute Gasteiger partial charge is 0.407 e. The maximum absolute atomic E-state index is 14.0. The van der Waals surface area contributed by atoms with Crippen LogP contribution in [0.25, 0.3) is 0 Å². The van der Waals surface area contributed by atoms with Gasteiger partial charge in [-0.25, -0.2) is 0 Å². The normalized spacial score (nSPS) is 20.7. The highest BCUT2D eigenvalue weighted by molar-refractivity contribution is 6.08.